The van der Waals surface area contributed by atoms with Gasteiger partial charge in [0.2, 0.25) is 0 Å². The molecule has 0 aliphatic rings. The number of furan rings is 1. The lowest BCUT2D eigenvalue weighted by atomic mass is 10.1. The highest BCUT2D eigenvalue weighted by atomic mass is 19.1. The third-order valence-corrected chi connectivity index (χ3v) is 3.90. The normalized spacial score (nSPS) is 11.2. The van der Waals surface area contributed by atoms with Crippen LogP contribution in [0.25, 0.3) is 22.0 Å². The van der Waals surface area contributed by atoms with Gasteiger partial charge >= 0.3 is 5.69 Å². The number of fused-ring (bicyclic) bond motifs is 2. The van der Waals surface area contributed by atoms with Crippen molar-refractivity contribution >= 4 is 33.6 Å². The van der Waals surface area contributed by atoms with Gasteiger partial charge in [-0.15, -0.1) is 0 Å². The molecule has 0 spiro atoms. The number of H-pyrrole nitrogens is 2. The van der Waals surface area contributed by atoms with Crippen molar-refractivity contribution in [2.24, 2.45) is 0 Å². The molecule has 3 N–H and O–H groups in total. The molecule has 0 aliphatic carbocycles. The Morgan fingerprint density at radius 2 is 1.96 bits per heavy atom. The zero-order valence-electron chi connectivity index (χ0n) is 12.6. The van der Waals surface area contributed by atoms with Gasteiger partial charge in [0, 0.05) is 16.6 Å². The number of anilines is 1. The van der Waals surface area contributed by atoms with E-state index in [-0.39, 0.29) is 17.0 Å². The molecular weight excluding hydrogens is 313 g/mol. The summed E-state index contributed by atoms with van der Waals surface area (Å²) in [5.41, 5.74) is 2.01. The van der Waals surface area contributed by atoms with Crippen LogP contribution in [0.4, 0.5) is 10.1 Å². The summed E-state index contributed by atoms with van der Waals surface area (Å²) in [6.45, 7) is 1.70. The van der Waals surface area contributed by atoms with E-state index in [1.165, 1.54) is 6.07 Å². The van der Waals surface area contributed by atoms with Crippen molar-refractivity contribution in [3.8, 4) is 0 Å². The van der Waals surface area contributed by atoms with Crippen LogP contribution >= 0.6 is 0 Å². The van der Waals surface area contributed by atoms with Crippen LogP contribution < -0.4 is 11.0 Å². The van der Waals surface area contributed by atoms with E-state index in [1.807, 2.05) is 0 Å². The Bertz CT molecular complexity index is 1150. The van der Waals surface area contributed by atoms with Gasteiger partial charge in [0.15, 0.2) is 17.2 Å². The number of carbonyl (C=O) groups excluding carboxylic acids is 1. The van der Waals surface area contributed by atoms with Gasteiger partial charge in [-0.25, -0.2) is 9.18 Å². The number of halogens is 1. The predicted octanol–water partition coefficient (Wildman–Crippen LogP) is 3.30. The van der Waals surface area contributed by atoms with Crippen molar-refractivity contribution in [2.45, 2.75) is 6.92 Å². The summed E-state index contributed by atoms with van der Waals surface area (Å²) < 4.78 is 19.2. The first-order valence-electron chi connectivity index (χ1n) is 7.24. The molecule has 0 atom stereocenters. The predicted molar refractivity (Wildman–Crippen MR) is 87.8 cm³/mol. The molecule has 0 saturated carbocycles. The van der Waals surface area contributed by atoms with E-state index in [0.29, 0.717) is 27.7 Å². The molecule has 7 heteroatoms. The zero-order valence-corrected chi connectivity index (χ0v) is 12.6. The Balaban J connectivity index is 1.71. The van der Waals surface area contributed by atoms with E-state index in [9.17, 15) is 14.0 Å². The maximum Gasteiger partial charge on any atom is 0.323 e. The maximum absolute atomic E-state index is 13.8. The van der Waals surface area contributed by atoms with Crippen molar-refractivity contribution in [2.75, 3.05) is 5.32 Å². The molecular formula is C17H12FN3O3. The summed E-state index contributed by atoms with van der Waals surface area (Å²) in [5, 5.41) is 3.25. The van der Waals surface area contributed by atoms with Crippen molar-refractivity contribution < 1.29 is 13.6 Å². The van der Waals surface area contributed by atoms with Crippen LogP contribution in [0.5, 0.6) is 0 Å². The second-order valence-electron chi connectivity index (χ2n) is 5.47. The molecule has 120 valence electrons. The number of aryl methyl sites for hydroxylation is 1. The molecule has 0 fully saturated rings. The minimum absolute atomic E-state index is 0.0535. The maximum atomic E-state index is 13.8. The van der Waals surface area contributed by atoms with Crippen LogP contribution in [0, 0.1) is 12.7 Å². The van der Waals surface area contributed by atoms with E-state index >= 15 is 0 Å². The van der Waals surface area contributed by atoms with Gasteiger partial charge in [-0.2, -0.15) is 0 Å². The van der Waals surface area contributed by atoms with Crippen molar-refractivity contribution in [3.05, 3.63) is 64.0 Å². The van der Waals surface area contributed by atoms with Crippen LogP contribution in [0.15, 0.2) is 45.6 Å². The number of para-hydroxylation sites is 1. The van der Waals surface area contributed by atoms with Gasteiger partial charge in [-0.1, -0.05) is 12.1 Å². The summed E-state index contributed by atoms with van der Waals surface area (Å²) in [7, 11) is 0. The summed E-state index contributed by atoms with van der Waals surface area (Å²) in [6, 6.07) is 9.51. The van der Waals surface area contributed by atoms with Gasteiger partial charge in [0.05, 0.1) is 11.0 Å². The lowest BCUT2D eigenvalue weighted by Crippen LogP contribution is -2.12. The number of carbonyl (C=O) groups is 1. The van der Waals surface area contributed by atoms with Crippen LogP contribution in [0.2, 0.25) is 0 Å². The lowest BCUT2D eigenvalue weighted by Gasteiger charge is -2.03. The van der Waals surface area contributed by atoms with E-state index in [1.54, 1.807) is 37.3 Å². The third kappa shape index (κ3) is 2.18. The van der Waals surface area contributed by atoms with Crippen LogP contribution in [0.1, 0.15) is 16.1 Å². The fourth-order valence-electron chi connectivity index (χ4n) is 2.72. The molecule has 24 heavy (non-hydrogen) atoms. The molecule has 4 aromatic rings. The van der Waals surface area contributed by atoms with Gasteiger partial charge in [-0.3, -0.25) is 4.79 Å². The Morgan fingerprint density at radius 1 is 1.17 bits per heavy atom. The molecule has 4 rings (SSSR count). The Hall–Kier alpha value is -3.35. The molecule has 0 saturated heterocycles. The van der Waals surface area contributed by atoms with E-state index in [4.69, 9.17) is 4.42 Å². The quantitative estimate of drug-likeness (QED) is 0.528. The molecule has 2 aromatic heterocycles. The highest BCUT2D eigenvalue weighted by Gasteiger charge is 2.19. The first-order chi connectivity index (χ1) is 11.5. The van der Waals surface area contributed by atoms with Crippen molar-refractivity contribution in [1.82, 2.24) is 9.97 Å². The van der Waals surface area contributed by atoms with Crippen LogP contribution in [-0.2, 0) is 0 Å². The second-order valence-corrected chi connectivity index (χ2v) is 5.47. The molecule has 6 nitrogen and oxygen atoms in total. The highest BCUT2D eigenvalue weighted by Crippen LogP contribution is 2.28. The number of hydrogen-bond acceptors (Lipinski definition) is 3. The monoisotopic (exact) mass is 325 g/mol. The summed E-state index contributed by atoms with van der Waals surface area (Å²) in [6.07, 6.45) is 0. The van der Waals surface area contributed by atoms with Crippen molar-refractivity contribution in [3.63, 3.8) is 0 Å². The topological polar surface area (TPSA) is 90.9 Å². The zero-order chi connectivity index (χ0) is 16.8. The highest BCUT2D eigenvalue weighted by molar-refractivity contribution is 6.07. The SMILES string of the molecule is Cc1c(C(=O)Nc2ccc3[nH]c(=O)[nH]c3c2)oc2c(F)cccc12. The number of nitrogens with one attached hydrogen (secondary N) is 3. The Kier molecular flexibility index (Phi) is 3.02. The Labute approximate surface area is 134 Å². The first kappa shape index (κ1) is 14.3. The van der Waals surface area contributed by atoms with Gasteiger partial charge in [0.25, 0.3) is 5.91 Å². The smallest absolute Gasteiger partial charge is 0.323 e. The van der Waals surface area contributed by atoms with Gasteiger partial charge < -0.3 is 19.7 Å². The largest absolute Gasteiger partial charge is 0.448 e. The fourth-order valence-corrected chi connectivity index (χ4v) is 2.72. The summed E-state index contributed by atoms with van der Waals surface area (Å²) in [4.78, 5) is 29.0. The molecule has 1 amide bonds. The molecule has 0 radical (unpaired) electrons. The Morgan fingerprint density at radius 3 is 2.75 bits per heavy atom. The molecule has 0 bridgehead atoms. The second kappa shape index (κ2) is 5.09. The third-order valence-electron chi connectivity index (χ3n) is 3.90. The minimum Gasteiger partial charge on any atom is -0.448 e. The number of amides is 1. The summed E-state index contributed by atoms with van der Waals surface area (Å²) in [5.74, 6) is -0.945. The first-order valence-corrected chi connectivity index (χ1v) is 7.24. The number of hydrogen-bond donors (Lipinski definition) is 3. The van der Waals surface area contributed by atoms with E-state index in [0.717, 1.165) is 0 Å². The average molecular weight is 325 g/mol. The van der Waals surface area contributed by atoms with Crippen LogP contribution in [0.3, 0.4) is 0 Å². The molecule has 0 unspecified atom stereocenters. The fraction of sp³-hybridized carbons (Fsp3) is 0.0588. The van der Waals surface area contributed by atoms with Gasteiger partial charge in [0.1, 0.15) is 0 Å². The standard InChI is InChI=1S/C17H12FN3O3/c1-8-10-3-2-4-11(18)15(10)24-14(8)16(22)19-9-5-6-12-13(7-9)21-17(23)20-12/h2-7H,1H3,(H,19,22)(H2,20,21,23). The van der Waals surface area contributed by atoms with E-state index < -0.39 is 11.7 Å². The average Bonchev–Trinajstić information content (AvgIpc) is 3.08. The lowest BCUT2D eigenvalue weighted by molar-refractivity contribution is 0.0997. The number of rotatable bonds is 2. The number of imidazole rings is 1. The molecule has 2 heterocycles. The minimum atomic E-state index is -0.513. The molecule has 0 aliphatic heterocycles. The number of benzene rings is 2. The molecule has 2 aromatic carbocycles. The number of aromatic nitrogens is 2. The van der Waals surface area contributed by atoms with Gasteiger partial charge in [-0.05, 0) is 31.2 Å². The van der Waals surface area contributed by atoms with Crippen molar-refractivity contribution in [1.29, 1.82) is 0 Å². The van der Waals surface area contributed by atoms with Crippen LogP contribution in [-0.4, -0.2) is 15.9 Å². The number of aromatic amines is 2. The summed E-state index contributed by atoms with van der Waals surface area (Å²) >= 11 is 0. The van der Waals surface area contributed by atoms with E-state index in [2.05, 4.69) is 15.3 Å².